The highest BCUT2D eigenvalue weighted by Gasteiger charge is 2.22. The standard InChI is InChI=1S/C52H34N2O/c1-3-14-35(15-4-1)36-26-29-41(30-27-36)53(49-34-39-16-7-8-21-43(39)51-45-23-10-12-25-50(45)55-52(49)51)42-20-13-17-37(32-42)38-28-31-48-46(33-38)44-22-9-11-24-47(44)54(48)40-18-5-2-6-19-40/h1-34H. The van der Waals surface area contributed by atoms with E-state index in [9.17, 15) is 0 Å². The number of hydrogen-bond acceptors (Lipinski definition) is 2. The van der Waals surface area contributed by atoms with Crippen molar-refractivity contribution in [3.05, 3.63) is 206 Å². The zero-order valence-corrected chi connectivity index (χ0v) is 29.9. The molecule has 0 unspecified atom stereocenters. The summed E-state index contributed by atoms with van der Waals surface area (Å²) in [6.45, 7) is 0. The summed E-state index contributed by atoms with van der Waals surface area (Å²) in [6, 6.07) is 73.8. The van der Waals surface area contributed by atoms with Gasteiger partial charge in [-0.1, -0.05) is 140 Å². The predicted molar refractivity (Wildman–Crippen MR) is 231 cm³/mol. The third-order valence-electron chi connectivity index (χ3n) is 10.9. The van der Waals surface area contributed by atoms with Gasteiger partial charge in [-0.15, -0.1) is 0 Å². The van der Waals surface area contributed by atoms with Crippen molar-refractivity contribution in [3.63, 3.8) is 0 Å². The fraction of sp³-hybridized carbons (Fsp3) is 0. The molecule has 0 aliphatic carbocycles. The Bertz CT molecular complexity index is 3190. The molecule has 258 valence electrons. The molecule has 11 rings (SSSR count). The molecule has 0 radical (unpaired) electrons. The predicted octanol–water partition coefficient (Wildman–Crippen LogP) is 14.6. The summed E-state index contributed by atoms with van der Waals surface area (Å²) < 4.78 is 9.17. The normalized spacial score (nSPS) is 11.6. The van der Waals surface area contributed by atoms with E-state index in [1.165, 1.54) is 43.7 Å². The Labute approximate surface area is 318 Å². The number of para-hydroxylation sites is 3. The highest BCUT2D eigenvalue weighted by Crippen LogP contribution is 2.46. The van der Waals surface area contributed by atoms with Crippen LogP contribution in [-0.4, -0.2) is 4.57 Å². The van der Waals surface area contributed by atoms with Crippen molar-refractivity contribution in [2.75, 3.05) is 4.90 Å². The Hall–Kier alpha value is -7.36. The van der Waals surface area contributed by atoms with Crippen molar-refractivity contribution in [2.24, 2.45) is 0 Å². The van der Waals surface area contributed by atoms with Gasteiger partial charge in [0.2, 0.25) is 0 Å². The monoisotopic (exact) mass is 702 g/mol. The molecule has 0 fully saturated rings. The zero-order chi connectivity index (χ0) is 36.3. The first-order valence-corrected chi connectivity index (χ1v) is 18.8. The number of nitrogens with zero attached hydrogens (tertiary/aromatic N) is 2. The number of furan rings is 1. The molecule has 3 heteroatoms. The van der Waals surface area contributed by atoms with E-state index in [0.717, 1.165) is 55.8 Å². The van der Waals surface area contributed by atoms with Gasteiger partial charge in [-0.05, 0) is 99.8 Å². The summed E-state index contributed by atoms with van der Waals surface area (Å²) in [5.74, 6) is 0. The lowest BCUT2D eigenvalue weighted by molar-refractivity contribution is 0.669. The summed E-state index contributed by atoms with van der Waals surface area (Å²) in [5, 5.41) is 7.07. The SMILES string of the molecule is c1ccc(-c2ccc(N(c3cccc(-c4ccc5c(c4)c4ccccc4n5-c4ccccc4)c3)c3cc4ccccc4c4c3oc3ccccc34)cc2)cc1. The van der Waals surface area contributed by atoms with E-state index in [2.05, 4.69) is 210 Å². The lowest BCUT2D eigenvalue weighted by atomic mass is 9.99. The highest BCUT2D eigenvalue weighted by molar-refractivity contribution is 6.23. The van der Waals surface area contributed by atoms with Gasteiger partial charge in [-0.2, -0.15) is 0 Å². The minimum Gasteiger partial charge on any atom is -0.454 e. The summed E-state index contributed by atoms with van der Waals surface area (Å²) in [4.78, 5) is 2.36. The molecule has 0 spiro atoms. The van der Waals surface area contributed by atoms with E-state index < -0.39 is 0 Å². The second-order valence-electron chi connectivity index (χ2n) is 14.1. The third kappa shape index (κ3) is 5.13. The average Bonchev–Trinajstić information content (AvgIpc) is 3.81. The first-order valence-electron chi connectivity index (χ1n) is 18.8. The van der Waals surface area contributed by atoms with Crippen molar-refractivity contribution >= 4 is 71.6 Å². The smallest absolute Gasteiger partial charge is 0.160 e. The maximum Gasteiger partial charge on any atom is 0.160 e. The molecule has 0 bridgehead atoms. The van der Waals surface area contributed by atoms with Crippen molar-refractivity contribution in [1.82, 2.24) is 4.57 Å². The lowest BCUT2D eigenvalue weighted by Gasteiger charge is -2.27. The van der Waals surface area contributed by atoms with E-state index in [1.54, 1.807) is 0 Å². The Kier molecular flexibility index (Phi) is 7.17. The van der Waals surface area contributed by atoms with Gasteiger partial charge in [-0.3, -0.25) is 0 Å². The molecule has 9 aromatic carbocycles. The topological polar surface area (TPSA) is 21.3 Å². The Morgan fingerprint density at radius 2 is 1.00 bits per heavy atom. The summed E-state index contributed by atoms with van der Waals surface area (Å²) in [7, 11) is 0. The quantitative estimate of drug-likeness (QED) is 0.172. The van der Waals surface area contributed by atoms with Gasteiger partial charge in [-0.25, -0.2) is 0 Å². The Morgan fingerprint density at radius 3 is 1.84 bits per heavy atom. The van der Waals surface area contributed by atoms with Gasteiger partial charge in [0, 0.05) is 38.6 Å². The zero-order valence-electron chi connectivity index (χ0n) is 29.9. The second-order valence-corrected chi connectivity index (χ2v) is 14.1. The molecule has 2 heterocycles. The fourth-order valence-electron chi connectivity index (χ4n) is 8.42. The van der Waals surface area contributed by atoms with E-state index in [4.69, 9.17) is 4.42 Å². The van der Waals surface area contributed by atoms with Crippen LogP contribution in [0.25, 0.3) is 82.5 Å². The van der Waals surface area contributed by atoms with Crippen molar-refractivity contribution in [1.29, 1.82) is 0 Å². The molecular weight excluding hydrogens is 669 g/mol. The van der Waals surface area contributed by atoms with Crippen LogP contribution in [0, 0.1) is 0 Å². The molecule has 0 atom stereocenters. The van der Waals surface area contributed by atoms with Crippen LogP contribution < -0.4 is 4.90 Å². The molecule has 3 nitrogen and oxygen atoms in total. The van der Waals surface area contributed by atoms with Crippen LogP contribution in [0.15, 0.2) is 211 Å². The summed E-state index contributed by atoms with van der Waals surface area (Å²) >= 11 is 0. The summed E-state index contributed by atoms with van der Waals surface area (Å²) in [6.07, 6.45) is 0. The van der Waals surface area contributed by atoms with Gasteiger partial charge in [0.1, 0.15) is 5.58 Å². The Balaban J connectivity index is 1.12. The molecule has 0 aliphatic rings. The molecule has 0 saturated carbocycles. The molecular formula is C52H34N2O. The van der Waals surface area contributed by atoms with E-state index in [0.29, 0.717) is 0 Å². The van der Waals surface area contributed by atoms with Gasteiger partial charge < -0.3 is 13.9 Å². The minimum atomic E-state index is 0.868. The Morgan fingerprint density at radius 1 is 0.382 bits per heavy atom. The fourth-order valence-corrected chi connectivity index (χ4v) is 8.42. The van der Waals surface area contributed by atoms with E-state index in [-0.39, 0.29) is 0 Å². The number of fused-ring (bicyclic) bond motifs is 8. The number of rotatable bonds is 6. The van der Waals surface area contributed by atoms with Gasteiger partial charge in [0.15, 0.2) is 5.58 Å². The van der Waals surface area contributed by atoms with Crippen LogP contribution in [0.1, 0.15) is 0 Å². The van der Waals surface area contributed by atoms with E-state index >= 15 is 0 Å². The average molecular weight is 703 g/mol. The maximum atomic E-state index is 6.81. The van der Waals surface area contributed by atoms with Crippen LogP contribution >= 0.6 is 0 Å². The van der Waals surface area contributed by atoms with Gasteiger partial charge in [0.05, 0.1) is 16.7 Å². The molecule has 55 heavy (non-hydrogen) atoms. The first kappa shape index (κ1) is 31.2. The van der Waals surface area contributed by atoms with Crippen LogP contribution in [0.5, 0.6) is 0 Å². The number of hydrogen-bond donors (Lipinski definition) is 0. The maximum absolute atomic E-state index is 6.81. The van der Waals surface area contributed by atoms with Crippen molar-refractivity contribution < 1.29 is 4.42 Å². The van der Waals surface area contributed by atoms with E-state index in [1.807, 2.05) is 6.07 Å². The van der Waals surface area contributed by atoms with Crippen LogP contribution in [-0.2, 0) is 0 Å². The molecule has 0 amide bonds. The molecule has 0 saturated heterocycles. The minimum absolute atomic E-state index is 0.868. The molecule has 11 aromatic rings. The molecule has 0 aliphatic heterocycles. The van der Waals surface area contributed by atoms with Crippen LogP contribution in [0.4, 0.5) is 17.1 Å². The third-order valence-corrected chi connectivity index (χ3v) is 10.9. The van der Waals surface area contributed by atoms with Gasteiger partial charge >= 0.3 is 0 Å². The first-order chi connectivity index (χ1) is 27.3. The lowest BCUT2D eigenvalue weighted by Crippen LogP contribution is -2.10. The molecule has 2 aromatic heterocycles. The second kappa shape index (κ2) is 12.6. The van der Waals surface area contributed by atoms with Crippen LogP contribution in [0.2, 0.25) is 0 Å². The summed E-state index contributed by atoms with van der Waals surface area (Å²) in [5.41, 5.74) is 13.1. The van der Waals surface area contributed by atoms with Crippen molar-refractivity contribution in [2.45, 2.75) is 0 Å². The molecule has 0 N–H and O–H groups in total. The van der Waals surface area contributed by atoms with Crippen molar-refractivity contribution in [3.8, 4) is 27.9 Å². The largest absolute Gasteiger partial charge is 0.454 e. The highest BCUT2D eigenvalue weighted by atomic mass is 16.3. The number of anilines is 3. The number of benzene rings is 9. The number of aromatic nitrogens is 1. The van der Waals surface area contributed by atoms with Crippen LogP contribution in [0.3, 0.4) is 0 Å². The van der Waals surface area contributed by atoms with Gasteiger partial charge in [0.25, 0.3) is 0 Å².